The van der Waals surface area contributed by atoms with Gasteiger partial charge in [-0.05, 0) is 12.1 Å². The van der Waals surface area contributed by atoms with Gasteiger partial charge in [0.05, 0.1) is 6.34 Å². The van der Waals surface area contributed by atoms with Gasteiger partial charge in [0.25, 0.3) is 5.91 Å². The van der Waals surface area contributed by atoms with Crippen molar-refractivity contribution in [3.05, 3.63) is 35.1 Å². The second kappa shape index (κ2) is 4.78. The molecule has 0 aliphatic rings. The highest BCUT2D eigenvalue weighted by molar-refractivity contribution is 5.99. The van der Waals surface area contributed by atoms with Crippen molar-refractivity contribution < 1.29 is 18.0 Å². The minimum atomic E-state index is -1.53. The molecule has 0 atom stereocenters. The van der Waals surface area contributed by atoms with Crippen LogP contribution in [0.5, 0.6) is 0 Å². The summed E-state index contributed by atoms with van der Waals surface area (Å²) >= 11 is 0. The number of carbonyl (C=O) groups excluding carboxylic acids is 1. The van der Waals surface area contributed by atoms with Crippen molar-refractivity contribution in [2.45, 2.75) is 0 Å². The Balaban J connectivity index is 3.13. The first kappa shape index (κ1) is 12.2. The Hall–Kier alpha value is -1.85. The average Bonchev–Trinajstić information content (AvgIpc) is 2.21. The molecule has 16 heavy (non-hydrogen) atoms. The molecule has 86 valence electrons. The fraction of sp³-hybridized carbons (Fsp3) is 0.200. The van der Waals surface area contributed by atoms with Crippen LogP contribution in [-0.2, 0) is 0 Å². The minimum Gasteiger partial charge on any atom is -0.369 e. The molecule has 1 aromatic carbocycles. The molecule has 0 aliphatic heterocycles. The molecular formula is C10H9F3N2O. The molecule has 1 rings (SSSR count). The van der Waals surface area contributed by atoms with E-state index in [2.05, 4.69) is 4.99 Å². The molecular weight excluding hydrogens is 221 g/mol. The molecule has 1 amide bonds. The number of nitrogens with zero attached hydrogens (tertiary/aromatic N) is 2. The lowest BCUT2D eigenvalue weighted by Crippen LogP contribution is -2.12. The predicted molar refractivity (Wildman–Crippen MR) is 52.8 cm³/mol. The standard InChI is InChI=1S/C10H9F3N2O/c1-15(2)5-14-10(16)8-6(11)3-4-7(12)9(8)13/h3-5H,1-2H3. The van der Waals surface area contributed by atoms with Crippen molar-refractivity contribution in [3.8, 4) is 0 Å². The molecule has 0 aromatic heterocycles. The Kier molecular flexibility index (Phi) is 3.65. The Bertz CT molecular complexity index is 444. The van der Waals surface area contributed by atoms with Crippen molar-refractivity contribution in [1.29, 1.82) is 0 Å². The summed E-state index contributed by atoms with van der Waals surface area (Å²) in [5, 5.41) is 0. The third kappa shape index (κ3) is 2.59. The molecule has 0 saturated carbocycles. The van der Waals surface area contributed by atoms with E-state index in [0.717, 1.165) is 6.34 Å². The number of halogens is 3. The zero-order valence-electron chi connectivity index (χ0n) is 8.67. The third-order valence-corrected chi connectivity index (χ3v) is 1.66. The predicted octanol–water partition coefficient (Wildman–Crippen LogP) is 1.83. The summed E-state index contributed by atoms with van der Waals surface area (Å²) < 4.78 is 39.0. The fourth-order valence-corrected chi connectivity index (χ4v) is 0.956. The maximum Gasteiger partial charge on any atom is 0.284 e. The van der Waals surface area contributed by atoms with Gasteiger partial charge in [-0.1, -0.05) is 0 Å². The molecule has 6 heteroatoms. The molecule has 0 N–H and O–H groups in total. The SMILES string of the molecule is CN(C)C=NC(=O)c1c(F)ccc(F)c1F. The highest BCUT2D eigenvalue weighted by Crippen LogP contribution is 2.16. The van der Waals surface area contributed by atoms with E-state index in [4.69, 9.17) is 0 Å². The Morgan fingerprint density at radius 2 is 1.81 bits per heavy atom. The molecule has 0 heterocycles. The zero-order valence-corrected chi connectivity index (χ0v) is 8.67. The summed E-state index contributed by atoms with van der Waals surface area (Å²) in [5.74, 6) is -5.12. The molecule has 0 bridgehead atoms. The van der Waals surface area contributed by atoms with Gasteiger partial charge in [-0.2, -0.15) is 4.99 Å². The maximum absolute atomic E-state index is 13.1. The van der Waals surface area contributed by atoms with E-state index in [1.165, 1.54) is 4.90 Å². The summed E-state index contributed by atoms with van der Waals surface area (Å²) in [7, 11) is 3.16. The highest BCUT2D eigenvalue weighted by atomic mass is 19.2. The van der Waals surface area contributed by atoms with Gasteiger partial charge in [0.1, 0.15) is 11.4 Å². The van der Waals surface area contributed by atoms with Crippen molar-refractivity contribution in [3.63, 3.8) is 0 Å². The van der Waals surface area contributed by atoms with Crippen LogP contribution in [0, 0.1) is 17.5 Å². The number of benzene rings is 1. The van der Waals surface area contributed by atoms with E-state index in [1.807, 2.05) is 0 Å². The van der Waals surface area contributed by atoms with Gasteiger partial charge in [0.15, 0.2) is 11.6 Å². The van der Waals surface area contributed by atoms with Gasteiger partial charge in [0, 0.05) is 14.1 Å². The van der Waals surface area contributed by atoms with E-state index in [-0.39, 0.29) is 0 Å². The minimum absolute atomic E-state index is 0.608. The molecule has 3 nitrogen and oxygen atoms in total. The first-order valence-corrected chi connectivity index (χ1v) is 4.32. The molecule has 0 unspecified atom stereocenters. The maximum atomic E-state index is 13.1. The van der Waals surface area contributed by atoms with E-state index in [9.17, 15) is 18.0 Å². The summed E-state index contributed by atoms with van der Waals surface area (Å²) in [4.78, 5) is 16.0. The van der Waals surface area contributed by atoms with Crippen molar-refractivity contribution >= 4 is 12.2 Å². The van der Waals surface area contributed by atoms with Gasteiger partial charge in [-0.15, -0.1) is 0 Å². The lowest BCUT2D eigenvalue weighted by atomic mass is 10.2. The zero-order chi connectivity index (χ0) is 12.3. The average molecular weight is 230 g/mol. The lowest BCUT2D eigenvalue weighted by molar-refractivity contribution is 0.0993. The van der Waals surface area contributed by atoms with Crippen LogP contribution in [0.3, 0.4) is 0 Å². The third-order valence-electron chi connectivity index (χ3n) is 1.66. The van der Waals surface area contributed by atoms with E-state index in [0.29, 0.717) is 12.1 Å². The van der Waals surface area contributed by atoms with Gasteiger partial charge < -0.3 is 4.90 Å². The summed E-state index contributed by atoms with van der Waals surface area (Å²) in [6.45, 7) is 0. The Morgan fingerprint density at radius 1 is 1.25 bits per heavy atom. The molecule has 1 aromatic rings. The van der Waals surface area contributed by atoms with Crippen molar-refractivity contribution in [2.24, 2.45) is 4.99 Å². The van der Waals surface area contributed by atoms with Gasteiger partial charge in [-0.25, -0.2) is 13.2 Å². The largest absolute Gasteiger partial charge is 0.369 e. The molecule has 0 aliphatic carbocycles. The van der Waals surface area contributed by atoms with Crippen LogP contribution in [0.2, 0.25) is 0 Å². The quantitative estimate of drug-likeness (QED) is 0.441. The van der Waals surface area contributed by atoms with Crippen molar-refractivity contribution in [2.75, 3.05) is 14.1 Å². The van der Waals surface area contributed by atoms with Crippen LogP contribution in [0.25, 0.3) is 0 Å². The molecule has 0 saturated heterocycles. The highest BCUT2D eigenvalue weighted by Gasteiger charge is 2.19. The number of carbonyl (C=O) groups is 1. The first-order chi connectivity index (χ1) is 7.43. The monoisotopic (exact) mass is 230 g/mol. The normalized spacial score (nSPS) is 10.8. The second-order valence-electron chi connectivity index (χ2n) is 3.23. The summed E-state index contributed by atoms with van der Waals surface area (Å²) in [5.41, 5.74) is -0.988. The number of aliphatic imine (C=N–C) groups is 1. The smallest absolute Gasteiger partial charge is 0.284 e. The molecule has 0 radical (unpaired) electrons. The van der Waals surface area contributed by atoms with E-state index >= 15 is 0 Å². The van der Waals surface area contributed by atoms with Gasteiger partial charge in [0.2, 0.25) is 0 Å². The number of rotatable bonds is 2. The number of hydrogen-bond acceptors (Lipinski definition) is 1. The number of hydrogen-bond donors (Lipinski definition) is 0. The molecule has 0 fully saturated rings. The first-order valence-electron chi connectivity index (χ1n) is 4.32. The van der Waals surface area contributed by atoms with Crippen LogP contribution < -0.4 is 0 Å². The van der Waals surface area contributed by atoms with E-state index in [1.54, 1.807) is 14.1 Å². The molecule has 0 spiro atoms. The van der Waals surface area contributed by atoms with Crippen LogP contribution >= 0.6 is 0 Å². The van der Waals surface area contributed by atoms with Crippen LogP contribution in [0.1, 0.15) is 10.4 Å². The Labute approximate surface area is 90.2 Å². The Morgan fingerprint density at radius 3 is 2.38 bits per heavy atom. The summed E-state index contributed by atoms with van der Waals surface area (Å²) in [6, 6.07) is 1.29. The second-order valence-corrected chi connectivity index (χ2v) is 3.23. The van der Waals surface area contributed by atoms with Crippen LogP contribution in [0.15, 0.2) is 17.1 Å². The number of amides is 1. The lowest BCUT2D eigenvalue weighted by Gasteiger charge is -2.03. The van der Waals surface area contributed by atoms with Gasteiger partial charge >= 0.3 is 0 Å². The van der Waals surface area contributed by atoms with Gasteiger partial charge in [-0.3, -0.25) is 4.79 Å². The topological polar surface area (TPSA) is 32.7 Å². The van der Waals surface area contributed by atoms with E-state index < -0.39 is 28.9 Å². The summed E-state index contributed by atoms with van der Waals surface area (Å²) in [6.07, 6.45) is 1.08. The van der Waals surface area contributed by atoms with Crippen LogP contribution in [-0.4, -0.2) is 31.2 Å². The van der Waals surface area contributed by atoms with Crippen LogP contribution in [0.4, 0.5) is 13.2 Å². The fourth-order valence-electron chi connectivity index (χ4n) is 0.956. The van der Waals surface area contributed by atoms with Crippen molar-refractivity contribution in [1.82, 2.24) is 4.90 Å².